The summed E-state index contributed by atoms with van der Waals surface area (Å²) in [6.07, 6.45) is 2.48. The number of nitrogens with zero attached hydrogens (tertiary/aromatic N) is 2. The van der Waals surface area contributed by atoms with Crippen LogP contribution in [0.15, 0.2) is 18.2 Å². The number of likely N-dealkylation sites (N-methyl/N-ethyl adjacent to an activating group) is 1. The molecular formula is C15H24ClN3. The number of rotatable bonds is 3. The Balaban J connectivity index is 2.17. The van der Waals surface area contributed by atoms with Crippen molar-refractivity contribution in [1.29, 1.82) is 0 Å². The molecule has 0 bridgehead atoms. The Morgan fingerprint density at radius 3 is 2.74 bits per heavy atom. The fraction of sp³-hybridized carbons (Fsp3) is 0.600. The van der Waals surface area contributed by atoms with E-state index in [0.29, 0.717) is 6.04 Å². The summed E-state index contributed by atoms with van der Waals surface area (Å²) in [5.41, 5.74) is 8.12. The van der Waals surface area contributed by atoms with E-state index in [1.807, 2.05) is 13.0 Å². The molecule has 0 aromatic heterocycles. The maximum Gasteiger partial charge on any atom is 0.0642 e. The molecule has 4 heteroatoms. The minimum Gasteiger partial charge on any atom is -0.369 e. The molecule has 2 rings (SSSR count). The second-order valence-electron chi connectivity index (χ2n) is 5.71. The lowest BCUT2D eigenvalue weighted by Gasteiger charge is -2.38. The van der Waals surface area contributed by atoms with Crippen LogP contribution in [0.4, 0.5) is 5.69 Å². The van der Waals surface area contributed by atoms with Crippen LogP contribution in [0.5, 0.6) is 0 Å². The van der Waals surface area contributed by atoms with E-state index in [1.54, 1.807) is 0 Å². The normalized spacial score (nSPS) is 21.8. The number of benzene rings is 1. The number of hydrogen-bond acceptors (Lipinski definition) is 3. The van der Waals surface area contributed by atoms with E-state index < -0.39 is 0 Å². The minimum absolute atomic E-state index is 0.0300. The molecule has 2 atom stereocenters. The highest BCUT2D eigenvalue weighted by molar-refractivity contribution is 6.33. The van der Waals surface area contributed by atoms with Crippen molar-refractivity contribution < 1.29 is 0 Å². The molecule has 106 valence electrons. The Morgan fingerprint density at radius 2 is 2.16 bits per heavy atom. The number of hydrogen-bond donors (Lipinski definition) is 1. The summed E-state index contributed by atoms with van der Waals surface area (Å²) in [5, 5.41) is 0.814. The molecule has 19 heavy (non-hydrogen) atoms. The Hall–Kier alpha value is -0.770. The average Bonchev–Trinajstić information content (AvgIpc) is 2.38. The Labute approximate surface area is 121 Å². The van der Waals surface area contributed by atoms with Gasteiger partial charge in [0, 0.05) is 25.2 Å². The monoisotopic (exact) mass is 281 g/mol. The van der Waals surface area contributed by atoms with E-state index in [4.69, 9.17) is 17.3 Å². The van der Waals surface area contributed by atoms with Crippen LogP contribution in [-0.4, -0.2) is 38.1 Å². The summed E-state index contributed by atoms with van der Waals surface area (Å²) in [6.45, 7) is 4.11. The molecule has 1 aliphatic rings. The van der Waals surface area contributed by atoms with E-state index >= 15 is 0 Å². The maximum absolute atomic E-state index is 6.42. The van der Waals surface area contributed by atoms with Gasteiger partial charge in [0.2, 0.25) is 0 Å². The van der Waals surface area contributed by atoms with Crippen molar-refractivity contribution in [3.8, 4) is 0 Å². The minimum atomic E-state index is 0.0300. The Morgan fingerprint density at radius 1 is 1.42 bits per heavy atom. The Kier molecular flexibility index (Phi) is 4.71. The molecule has 0 amide bonds. The van der Waals surface area contributed by atoms with Crippen LogP contribution < -0.4 is 10.6 Å². The van der Waals surface area contributed by atoms with Gasteiger partial charge in [0.05, 0.1) is 10.7 Å². The molecule has 0 spiro atoms. The smallest absolute Gasteiger partial charge is 0.0642 e. The molecule has 1 fully saturated rings. The molecule has 1 aromatic rings. The van der Waals surface area contributed by atoms with Gasteiger partial charge in [-0.25, -0.2) is 0 Å². The van der Waals surface area contributed by atoms with Crippen LogP contribution in [0.2, 0.25) is 5.02 Å². The molecule has 0 radical (unpaired) electrons. The van der Waals surface area contributed by atoms with Crippen LogP contribution >= 0.6 is 11.6 Å². The quantitative estimate of drug-likeness (QED) is 0.925. The van der Waals surface area contributed by atoms with Crippen molar-refractivity contribution in [3.05, 3.63) is 28.8 Å². The standard InChI is InChI=1S/C15H24ClN3/c1-11(17)12-6-7-15(14(16)9-12)19-8-4-5-13(10-19)18(2)3/h6-7,9,11,13H,4-5,8,10,17H2,1-3H3/t11-,13?/m0/s1. The third-order valence-electron chi connectivity index (χ3n) is 3.97. The van der Waals surface area contributed by atoms with Gasteiger partial charge in [-0.2, -0.15) is 0 Å². The van der Waals surface area contributed by atoms with Gasteiger partial charge >= 0.3 is 0 Å². The van der Waals surface area contributed by atoms with Crippen LogP contribution in [0.3, 0.4) is 0 Å². The highest BCUT2D eigenvalue weighted by Gasteiger charge is 2.23. The second kappa shape index (κ2) is 6.12. The fourth-order valence-electron chi connectivity index (χ4n) is 2.66. The Bertz CT molecular complexity index is 431. The highest BCUT2D eigenvalue weighted by atomic mass is 35.5. The van der Waals surface area contributed by atoms with Gasteiger partial charge in [0.1, 0.15) is 0 Å². The van der Waals surface area contributed by atoms with Crippen molar-refractivity contribution in [1.82, 2.24) is 4.90 Å². The largest absolute Gasteiger partial charge is 0.369 e. The first kappa shape index (κ1) is 14.6. The predicted octanol–water partition coefficient (Wildman–Crippen LogP) is 2.89. The predicted molar refractivity (Wildman–Crippen MR) is 83.0 cm³/mol. The molecular weight excluding hydrogens is 258 g/mol. The fourth-order valence-corrected chi connectivity index (χ4v) is 2.97. The van der Waals surface area contributed by atoms with Gasteiger partial charge in [-0.05, 0) is 51.6 Å². The molecule has 1 heterocycles. The molecule has 1 aromatic carbocycles. The van der Waals surface area contributed by atoms with Crippen LogP contribution in [0.1, 0.15) is 31.4 Å². The lowest BCUT2D eigenvalue weighted by atomic mass is 10.0. The molecule has 3 nitrogen and oxygen atoms in total. The summed E-state index contributed by atoms with van der Waals surface area (Å²) >= 11 is 6.42. The topological polar surface area (TPSA) is 32.5 Å². The van der Waals surface area contributed by atoms with Gasteiger partial charge in [0.25, 0.3) is 0 Å². The van der Waals surface area contributed by atoms with Crippen molar-refractivity contribution in [3.63, 3.8) is 0 Å². The van der Waals surface area contributed by atoms with Crippen molar-refractivity contribution >= 4 is 17.3 Å². The maximum atomic E-state index is 6.42. The van der Waals surface area contributed by atoms with Gasteiger partial charge in [-0.3, -0.25) is 0 Å². The molecule has 0 saturated carbocycles. The molecule has 1 saturated heterocycles. The lowest BCUT2D eigenvalue weighted by molar-refractivity contribution is 0.258. The molecule has 2 N–H and O–H groups in total. The lowest BCUT2D eigenvalue weighted by Crippen LogP contribution is -2.45. The number of anilines is 1. The van der Waals surface area contributed by atoms with Gasteiger partial charge < -0.3 is 15.5 Å². The average molecular weight is 282 g/mol. The zero-order valence-electron chi connectivity index (χ0n) is 12.1. The van der Waals surface area contributed by atoms with Crippen molar-refractivity contribution in [2.45, 2.75) is 31.8 Å². The number of nitrogens with two attached hydrogens (primary N) is 1. The number of halogens is 1. The van der Waals surface area contributed by atoms with Crippen molar-refractivity contribution in [2.75, 3.05) is 32.1 Å². The first-order chi connectivity index (χ1) is 8.99. The molecule has 0 aliphatic carbocycles. The van der Waals surface area contributed by atoms with Crippen LogP contribution in [-0.2, 0) is 0 Å². The first-order valence-corrected chi connectivity index (χ1v) is 7.33. The summed E-state index contributed by atoms with van der Waals surface area (Å²) < 4.78 is 0. The first-order valence-electron chi connectivity index (χ1n) is 6.95. The van der Waals surface area contributed by atoms with E-state index in [9.17, 15) is 0 Å². The highest BCUT2D eigenvalue weighted by Crippen LogP contribution is 2.31. The molecule has 1 aliphatic heterocycles. The van der Waals surface area contributed by atoms with E-state index in [2.05, 4.69) is 36.0 Å². The zero-order chi connectivity index (χ0) is 14.0. The van der Waals surface area contributed by atoms with Crippen LogP contribution in [0, 0.1) is 0 Å². The third-order valence-corrected chi connectivity index (χ3v) is 4.27. The van der Waals surface area contributed by atoms with E-state index in [0.717, 1.165) is 29.4 Å². The summed E-state index contributed by atoms with van der Waals surface area (Å²) in [5.74, 6) is 0. The van der Waals surface area contributed by atoms with Gasteiger partial charge in [-0.1, -0.05) is 17.7 Å². The van der Waals surface area contributed by atoms with E-state index in [1.165, 1.54) is 12.8 Å². The number of piperidine rings is 1. The van der Waals surface area contributed by atoms with Gasteiger partial charge in [0.15, 0.2) is 0 Å². The SMILES string of the molecule is C[C@H](N)c1ccc(N2CCCC(N(C)C)C2)c(Cl)c1. The zero-order valence-corrected chi connectivity index (χ0v) is 12.8. The van der Waals surface area contributed by atoms with E-state index in [-0.39, 0.29) is 6.04 Å². The third kappa shape index (κ3) is 3.41. The molecule has 1 unspecified atom stereocenters. The summed E-state index contributed by atoms with van der Waals surface area (Å²) in [7, 11) is 4.30. The van der Waals surface area contributed by atoms with Crippen LogP contribution in [0.25, 0.3) is 0 Å². The summed E-state index contributed by atoms with van der Waals surface area (Å²) in [6, 6.07) is 6.84. The van der Waals surface area contributed by atoms with Gasteiger partial charge in [-0.15, -0.1) is 0 Å². The summed E-state index contributed by atoms with van der Waals surface area (Å²) in [4.78, 5) is 4.69. The van der Waals surface area contributed by atoms with Crippen molar-refractivity contribution in [2.24, 2.45) is 5.73 Å². The second-order valence-corrected chi connectivity index (χ2v) is 6.11.